The summed E-state index contributed by atoms with van der Waals surface area (Å²) in [6.07, 6.45) is 1.30. The van der Waals surface area contributed by atoms with Gasteiger partial charge in [0, 0.05) is 6.54 Å². The maximum Gasteiger partial charge on any atom is 0.305 e. The van der Waals surface area contributed by atoms with Crippen molar-refractivity contribution in [3.05, 3.63) is 29.8 Å². The van der Waals surface area contributed by atoms with Gasteiger partial charge >= 0.3 is 5.97 Å². The van der Waals surface area contributed by atoms with Crippen molar-refractivity contribution in [3.63, 3.8) is 0 Å². The van der Waals surface area contributed by atoms with Gasteiger partial charge in [0.25, 0.3) is 5.91 Å². The Bertz CT molecular complexity index is 623. The maximum absolute atomic E-state index is 11.8. The Morgan fingerprint density at radius 3 is 2.62 bits per heavy atom. The molecule has 0 heterocycles. The van der Waals surface area contributed by atoms with Gasteiger partial charge in [0.2, 0.25) is 6.29 Å². The largest absolute Gasteiger partial charge is 0.484 e. The van der Waals surface area contributed by atoms with Crippen molar-refractivity contribution in [3.8, 4) is 5.75 Å². The highest BCUT2D eigenvalue weighted by Gasteiger charge is 2.16. The summed E-state index contributed by atoms with van der Waals surface area (Å²) in [6, 6.07) is 5.32. The fourth-order valence-corrected chi connectivity index (χ4v) is 1.73. The molecule has 0 aliphatic carbocycles. The minimum atomic E-state index is -1.48. The first-order valence-electron chi connectivity index (χ1n) is 7.48. The Kier molecular flexibility index (Phi) is 7.06. The fourth-order valence-electron chi connectivity index (χ4n) is 1.73. The van der Waals surface area contributed by atoms with Crippen LogP contribution < -0.4 is 21.1 Å². The second-order valence-corrected chi connectivity index (χ2v) is 4.78. The number of amides is 1. The van der Waals surface area contributed by atoms with E-state index in [1.807, 2.05) is 0 Å². The van der Waals surface area contributed by atoms with Crippen LogP contribution in [0.5, 0.6) is 5.75 Å². The zero-order valence-electron chi connectivity index (χ0n) is 13.8. The zero-order valence-corrected chi connectivity index (χ0v) is 12.8. The van der Waals surface area contributed by atoms with E-state index in [-0.39, 0.29) is 11.3 Å². The van der Waals surface area contributed by atoms with Crippen molar-refractivity contribution in [2.24, 2.45) is 5.73 Å². The number of carboxylic acids is 1. The lowest BCUT2D eigenvalue weighted by Crippen LogP contribution is -2.40. The lowest BCUT2D eigenvalue weighted by molar-refractivity contribution is -0.137. The lowest BCUT2D eigenvalue weighted by Gasteiger charge is -2.11. The summed E-state index contributed by atoms with van der Waals surface area (Å²) in [4.78, 5) is 33.0. The first-order valence-corrected chi connectivity index (χ1v) is 7.03. The van der Waals surface area contributed by atoms with Crippen molar-refractivity contribution in [1.82, 2.24) is 10.6 Å². The van der Waals surface area contributed by atoms with Crippen LogP contribution in [0.4, 0.5) is 0 Å². The second-order valence-electron chi connectivity index (χ2n) is 4.78. The smallest absolute Gasteiger partial charge is 0.305 e. The van der Waals surface area contributed by atoms with Gasteiger partial charge in [0.1, 0.15) is 11.8 Å². The summed E-state index contributed by atoms with van der Waals surface area (Å²) < 4.78 is 12.7. The summed E-state index contributed by atoms with van der Waals surface area (Å²) in [5.74, 6) is -1.89. The third kappa shape index (κ3) is 7.78. The molecular weight excluding hydrogens is 316 g/mol. The fraction of sp³-hybridized carbons (Fsp3) is 0.333. The molecule has 0 aliphatic rings. The van der Waals surface area contributed by atoms with Gasteiger partial charge in [-0.05, 0) is 24.1 Å². The van der Waals surface area contributed by atoms with Crippen LogP contribution in [-0.4, -0.2) is 48.4 Å². The molecule has 24 heavy (non-hydrogen) atoms. The number of nitrogens with one attached hydrogen (secondary N) is 3. The van der Waals surface area contributed by atoms with Crippen LogP contribution >= 0.6 is 0 Å². The molecule has 6 N–H and O–H groups in total. The molecule has 1 amide bonds. The van der Waals surface area contributed by atoms with E-state index in [9.17, 15) is 14.4 Å². The van der Waals surface area contributed by atoms with E-state index in [0.717, 1.165) is 5.56 Å². The number of carbonyl (C=O) groups excluding carboxylic acids is 2. The van der Waals surface area contributed by atoms with Crippen LogP contribution in [0.3, 0.4) is 0 Å². The van der Waals surface area contributed by atoms with E-state index < -0.39 is 30.9 Å². The summed E-state index contributed by atoms with van der Waals surface area (Å²) in [6.45, 7) is 0.00151. The molecule has 0 fully saturated rings. The van der Waals surface area contributed by atoms with Gasteiger partial charge in [-0.25, -0.2) is 0 Å². The molecule has 9 nitrogen and oxygen atoms in total. The Labute approximate surface area is 140 Å². The number of rotatable bonds is 10. The molecule has 1 aromatic carbocycles. The van der Waals surface area contributed by atoms with Crippen LogP contribution in [0, 0.1) is 5.41 Å². The first-order chi connectivity index (χ1) is 11.8. The Morgan fingerprint density at radius 2 is 2.08 bits per heavy atom. The van der Waals surface area contributed by atoms with E-state index in [2.05, 4.69) is 5.32 Å². The molecule has 1 aromatic rings. The number of guanidine groups is 1. The second kappa shape index (κ2) is 9.82. The van der Waals surface area contributed by atoms with Gasteiger partial charge in [-0.2, -0.15) is 0 Å². The molecule has 0 saturated carbocycles. The van der Waals surface area contributed by atoms with Crippen LogP contribution in [0.1, 0.15) is 12.0 Å². The van der Waals surface area contributed by atoms with Crippen molar-refractivity contribution in [2.45, 2.75) is 18.9 Å². The summed E-state index contributed by atoms with van der Waals surface area (Å²) >= 11 is 0. The molecule has 0 aliphatic heterocycles. The molecule has 0 unspecified atom stereocenters. The Morgan fingerprint density at radius 1 is 1.42 bits per heavy atom. The highest BCUT2D eigenvalue weighted by molar-refractivity contribution is 5.83. The minimum absolute atomic E-state index is 0.104. The molecular formula is C15H19N4O5. The molecule has 0 bridgehead atoms. The third-order valence-electron chi connectivity index (χ3n) is 2.82. The summed E-state index contributed by atoms with van der Waals surface area (Å²) in [5, 5.41) is 18.6. The monoisotopic (exact) mass is 336 g/mol. The molecule has 9 heteroatoms. The van der Waals surface area contributed by atoms with Crippen LogP contribution in [-0.2, 0) is 20.8 Å². The average molecular weight is 336 g/mol. The Balaban J connectivity index is 2.48. The number of carbonyl (C=O) groups is 2. The van der Waals surface area contributed by atoms with Crippen molar-refractivity contribution in [2.75, 3.05) is 13.2 Å². The first kappa shape index (κ1) is 17.3. The molecule has 0 saturated heterocycles. The quantitative estimate of drug-likeness (QED) is 0.275. The van der Waals surface area contributed by atoms with Gasteiger partial charge in [-0.1, -0.05) is 12.1 Å². The topological polar surface area (TPSA) is 155 Å². The standard InChI is InChI=1S/C15H19N4O5/c16-15(17)18-6-5-10-1-3-12(4-2-10)24-9-13(21)19-11(8-20)7-14(22)23/h1-4,11H,5-7,9H2,(H,19,21)(H,22,23)(H4,16,17,18)/t11-/m0/s1/i/hD. The zero-order chi connectivity index (χ0) is 18.8. The number of ether oxygens (including phenoxy) is 1. The molecule has 1 radical (unpaired) electrons. The number of hydrogen-bond donors (Lipinski definition) is 5. The SMILES string of the molecule is [2H]N(C(=O)COc1ccc(CCNC(=N)N)cc1)[C@H]([C]=O)CC(=O)O. The minimum Gasteiger partial charge on any atom is -0.484 e. The number of nitrogens with two attached hydrogens (primary N) is 1. The maximum atomic E-state index is 11.8. The average Bonchev–Trinajstić information content (AvgIpc) is 2.57. The van der Waals surface area contributed by atoms with Crippen LogP contribution in [0.2, 0.25) is 1.41 Å². The number of benzene rings is 1. The predicted molar refractivity (Wildman–Crippen MR) is 85.4 cm³/mol. The normalized spacial score (nSPS) is 11.8. The van der Waals surface area contributed by atoms with Crippen molar-refractivity contribution in [1.29, 1.82) is 5.41 Å². The molecule has 1 atom stereocenters. The number of hydrogen-bond acceptors (Lipinski definition) is 5. The van der Waals surface area contributed by atoms with Crippen LogP contribution in [0.15, 0.2) is 24.3 Å². The predicted octanol–water partition coefficient (Wildman–Crippen LogP) is -0.840. The van der Waals surface area contributed by atoms with Crippen molar-refractivity contribution >= 4 is 24.1 Å². The van der Waals surface area contributed by atoms with Gasteiger partial charge in [-0.3, -0.25) is 19.8 Å². The summed E-state index contributed by atoms with van der Waals surface area (Å²) in [5.41, 5.74) is 6.14. The van der Waals surface area contributed by atoms with E-state index >= 15 is 0 Å². The van der Waals surface area contributed by atoms with E-state index in [1.54, 1.807) is 24.3 Å². The highest BCUT2D eigenvalue weighted by Crippen LogP contribution is 2.12. The highest BCUT2D eigenvalue weighted by atomic mass is 16.5. The van der Waals surface area contributed by atoms with E-state index in [0.29, 0.717) is 18.7 Å². The van der Waals surface area contributed by atoms with E-state index in [4.69, 9.17) is 22.4 Å². The van der Waals surface area contributed by atoms with Gasteiger partial charge < -0.3 is 26.2 Å². The molecule has 0 aromatic heterocycles. The Hall–Kier alpha value is -3.10. The molecule has 0 spiro atoms. The number of carboxylic acid groups (broad SMARTS) is 1. The van der Waals surface area contributed by atoms with Gasteiger partial charge in [0.15, 0.2) is 14.0 Å². The molecule has 1 rings (SSSR count). The van der Waals surface area contributed by atoms with E-state index in [1.165, 1.54) is 6.29 Å². The third-order valence-corrected chi connectivity index (χ3v) is 2.82. The van der Waals surface area contributed by atoms with Gasteiger partial charge in [0.05, 0.1) is 6.42 Å². The van der Waals surface area contributed by atoms with Crippen LogP contribution in [0.25, 0.3) is 0 Å². The summed E-state index contributed by atoms with van der Waals surface area (Å²) in [7, 11) is 0. The van der Waals surface area contributed by atoms with Crippen molar-refractivity contribution < 1.29 is 25.6 Å². The van der Waals surface area contributed by atoms with Gasteiger partial charge in [-0.15, -0.1) is 0 Å². The number of aliphatic carboxylic acids is 1. The molecule has 129 valence electrons. The lowest BCUT2D eigenvalue weighted by atomic mass is 10.1.